The summed E-state index contributed by atoms with van der Waals surface area (Å²) in [4.78, 5) is 17.1. The first kappa shape index (κ1) is 15.9. The first-order chi connectivity index (χ1) is 11.8. The number of rotatable bonds is 4. The molecule has 24 heavy (non-hydrogen) atoms. The van der Waals surface area contributed by atoms with Gasteiger partial charge in [0.2, 0.25) is 0 Å². The second kappa shape index (κ2) is 6.70. The Morgan fingerprint density at radius 3 is 3.21 bits per heavy atom. The predicted molar refractivity (Wildman–Crippen MR) is 90.1 cm³/mol. The van der Waals surface area contributed by atoms with Crippen LogP contribution in [0.5, 0.6) is 0 Å². The maximum absolute atomic E-state index is 13.0. The molecule has 5 nitrogen and oxygen atoms in total. The van der Waals surface area contributed by atoms with Gasteiger partial charge in [-0.05, 0) is 36.6 Å². The molecule has 0 spiro atoms. The lowest BCUT2D eigenvalue weighted by Gasteiger charge is -2.22. The van der Waals surface area contributed by atoms with E-state index in [2.05, 4.69) is 0 Å². The smallest absolute Gasteiger partial charge is 0.264 e. The highest BCUT2D eigenvalue weighted by molar-refractivity contribution is 7.14. The Bertz CT molecular complexity index is 712. The van der Waals surface area contributed by atoms with Crippen LogP contribution in [-0.2, 0) is 29.1 Å². The SMILES string of the molecule is COCc1ccc(C2CCCN2C(=O)c2cc3c(s2)CCOC3)o1. The molecule has 0 saturated carbocycles. The number of amides is 1. The predicted octanol–water partition coefficient (Wildman–Crippen LogP) is 3.54. The van der Waals surface area contributed by atoms with Crippen LogP contribution >= 0.6 is 11.3 Å². The van der Waals surface area contributed by atoms with E-state index in [1.54, 1.807) is 18.4 Å². The number of fused-ring (bicyclic) bond motifs is 1. The summed E-state index contributed by atoms with van der Waals surface area (Å²) in [5.41, 5.74) is 1.17. The molecule has 6 heteroatoms. The molecule has 4 rings (SSSR count). The van der Waals surface area contributed by atoms with Gasteiger partial charge in [-0.2, -0.15) is 0 Å². The number of ether oxygens (including phenoxy) is 2. The van der Waals surface area contributed by atoms with Crippen LogP contribution in [-0.4, -0.2) is 31.1 Å². The highest BCUT2D eigenvalue weighted by atomic mass is 32.1. The number of nitrogens with zero attached hydrogens (tertiary/aromatic N) is 1. The van der Waals surface area contributed by atoms with Crippen LogP contribution in [0, 0.1) is 0 Å². The lowest BCUT2D eigenvalue weighted by Crippen LogP contribution is -2.29. The molecule has 0 radical (unpaired) electrons. The van der Waals surface area contributed by atoms with E-state index in [0.717, 1.165) is 48.8 Å². The number of methoxy groups -OCH3 is 1. The molecule has 128 valence electrons. The van der Waals surface area contributed by atoms with Crippen molar-refractivity contribution in [1.29, 1.82) is 0 Å². The van der Waals surface area contributed by atoms with Gasteiger partial charge in [-0.1, -0.05) is 0 Å². The van der Waals surface area contributed by atoms with E-state index >= 15 is 0 Å². The van der Waals surface area contributed by atoms with E-state index in [-0.39, 0.29) is 11.9 Å². The van der Waals surface area contributed by atoms with Crippen LogP contribution < -0.4 is 0 Å². The molecule has 0 aliphatic carbocycles. The summed E-state index contributed by atoms with van der Waals surface area (Å²) >= 11 is 1.62. The summed E-state index contributed by atoms with van der Waals surface area (Å²) in [5.74, 6) is 1.77. The zero-order valence-electron chi connectivity index (χ0n) is 13.7. The fraction of sp³-hybridized carbons (Fsp3) is 0.500. The van der Waals surface area contributed by atoms with Crippen molar-refractivity contribution in [3.05, 3.63) is 45.0 Å². The lowest BCUT2D eigenvalue weighted by atomic mass is 10.1. The Morgan fingerprint density at radius 2 is 2.38 bits per heavy atom. The van der Waals surface area contributed by atoms with Crippen LogP contribution in [0.25, 0.3) is 0 Å². The first-order valence-electron chi connectivity index (χ1n) is 8.34. The molecule has 1 atom stereocenters. The standard InChI is InChI=1S/C18H21NO4S/c1-21-11-13-4-5-15(23-13)14-3-2-7-19(14)18(20)17-9-12-10-22-8-6-16(12)24-17/h4-5,9,14H,2-3,6-8,10-11H2,1H3. The van der Waals surface area contributed by atoms with E-state index in [0.29, 0.717) is 13.2 Å². The number of hydrogen-bond donors (Lipinski definition) is 0. The van der Waals surface area contributed by atoms with E-state index < -0.39 is 0 Å². The molecule has 1 amide bonds. The first-order valence-corrected chi connectivity index (χ1v) is 9.16. The van der Waals surface area contributed by atoms with Gasteiger partial charge in [0.05, 0.1) is 24.1 Å². The summed E-state index contributed by atoms with van der Waals surface area (Å²) < 4.78 is 16.5. The zero-order valence-corrected chi connectivity index (χ0v) is 14.6. The Kier molecular flexibility index (Phi) is 4.43. The van der Waals surface area contributed by atoms with Gasteiger partial charge in [0.1, 0.15) is 18.1 Å². The van der Waals surface area contributed by atoms with E-state index in [4.69, 9.17) is 13.9 Å². The Labute approximate surface area is 145 Å². The number of carbonyl (C=O) groups is 1. The zero-order chi connectivity index (χ0) is 16.5. The fourth-order valence-electron chi connectivity index (χ4n) is 3.49. The van der Waals surface area contributed by atoms with E-state index in [1.807, 2.05) is 23.1 Å². The van der Waals surface area contributed by atoms with Gasteiger partial charge in [0.15, 0.2) is 0 Å². The average molecular weight is 347 g/mol. The van der Waals surface area contributed by atoms with Crippen LogP contribution in [0.3, 0.4) is 0 Å². The third kappa shape index (κ3) is 2.90. The monoisotopic (exact) mass is 347 g/mol. The van der Waals surface area contributed by atoms with Gasteiger partial charge in [-0.3, -0.25) is 4.79 Å². The third-order valence-corrected chi connectivity index (χ3v) is 5.87. The van der Waals surface area contributed by atoms with Crippen LogP contribution in [0.1, 0.15) is 50.5 Å². The van der Waals surface area contributed by atoms with Crippen molar-refractivity contribution < 1.29 is 18.7 Å². The Hall–Kier alpha value is -1.63. The van der Waals surface area contributed by atoms with Crippen LogP contribution in [0.15, 0.2) is 22.6 Å². The Balaban J connectivity index is 1.55. The molecular weight excluding hydrogens is 326 g/mol. The molecule has 0 bridgehead atoms. The minimum absolute atomic E-state index is 0.0264. The summed E-state index contributed by atoms with van der Waals surface area (Å²) in [6, 6.07) is 5.94. The second-order valence-corrected chi connectivity index (χ2v) is 7.39. The third-order valence-electron chi connectivity index (χ3n) is 4.65. The summed E-state index contributed by atoms with van der Waals surface area (Å²) in [6.45, 7) is 2.62. The average Bonchev–Trinajstić information content (AvgIpc) is 3.32. The molecule has 1 fully saturated rings. The second-order valence-electron chi connectivity index (χ2n) is 6.26. The molecule has 1 unspecified atom stereocenters. The van der Waals surface area contributed by atoms with Gasteiger partial charge in [0.25, 0.3) is 5.91 Å². The minimum Gasteiger partial charge on any atom is -0.461 e. The number of likely N-dealkylation sites (tertiary alicyclic amines) is 1. The number of carbonyl (C=O) groups excluding carboxylic acids is 1. The molecular formula is C18H21NO4S. The van der Waals surface area contributed by atoms with Gasteiger partial charge in [-0.15, -0.1) is 11.3 Å². The van der Waals surface area contributed by atoms with E-state index in [1.165, 1.54) is 10.4 Å². The number of thiophene rings is 1. The molecule has 2 aromatic heterocycles. The van der Waals surface area contributed by atoms with Crippen LogP contribution in [0.4, 0.5) is 0 Å². The quantitative estimate of drug-likeness (QED) is 0.849. The minimum atomic E-state index is 0.0264. The molecule has 4 heterocycles. The molecule has 2 aliphatic rings. The number of furan rings is 1. The van der Waals surface area contributed by atoms with Crippen molar-refractivity contribution >= 4 is 17.2 Å². The fourth-order valence-corrected chi connectivity index (χ4v) is 4.60. The molecule has 0 N–H and O–H groups in total. The van der Waals surface area contributed by atoms with E-state index in [9.17, 15) is 4.79 Å². The highest BCUT2D eigenvalue weighted by Gasteiger charge is 2.34. The van der Waals surface area contributed by atoms with Crippen molar-refractivity contribution in [3.63, 3.8) is 0 Å². The number of hydrogen-bond acceptors (Lipinski definition) is 5. The summed E-state index contributed by atoms with van der Waals surface area (Å²) in [5, 5.41) is 0. The lowest BCUT2D eigenvalue weighted by molar-refractivity contribution is 0.0720. The molecule has 2 aromatic rings. The van der Waals surface area contributed by atoms with Gasteiger partial charge < -0.3 is 18.8 Å². The van der Waals surface area contributed by atoms with Crippen molar-refractivity contribution in [3.8, 4) is 0 Å². The normalized spacial score (nSPS) is 20.4. The van der Waals surface area contributed by atoms with Gasteiger partial charge >= 0.3 is 0 Å². The van der Waals surface area contributed by atoms with Crippen molar-refractivity contribution in [2.75, 3.05) is 20.3 Å². The van der Waals surface area contributed by atoms with Crippen molar-refractivity contribution in [2.24, 2.45) is 0 Å². The van der Waals surface area contributed by atoms with Crippen molar-refractivity contribution in [2.45, 2.75) is 38.5 Å². The Morgan fingerprint density at radius 1 is 1.46 bits per heavy atom. The molecule has 0 aromatic carbocycles. The summed E-state index contributed by atoms with van der Waals surface area (Å²) in [6.07, 6.45) is 2.86. The van der Waals surface area contributed by atoms with Gasteiger partial charge in [-0.25, -0.2) is 0 Å². The molecule has 1 saturated heterocycles. The largest absolute Gasteiger partial charge is 0.461 e. The van der Waals surface area contributed by atoms with Crippen LogP contribution in [0.2, 0.25) is 0 Å². The highest BCUT2D eigenvalue weighted by Crippen LogP contribution is 2.36. The maximum Gasteiger partial charge on any atom is 0.264 e. The molecule has 2 aliphatic heterocycles. The van der Waals surface area contributed by atoms with Crippen molar-refractivity contribution in [1.82, 2.24) is 4.90 Å². The maximum atomic E-state index is 13.0. The topological polar surface area (TPSA) is 51.9 Å². The summed E-state index contributed by atoms with van der Waals surface area (Å²) in [7, 11) is 1.65. The van der Waals surface area contributed by atoms with Gasteiger partial charge in [0, 0.05) is 25.0 Å².